The zero-order chi connectivity index (χ0) is 12.6. The van der Waals surface area contributed by atoms with Gasteiger partial charge in [0.25, 0.3) is 0 Å². The standard InChI is InChI=1S/C13H21NO2S2/c1-2-16-14-12(15)9-7-10-3-4-11(8-9)13(10)17-5-6-18-13/h9-11H,2-8H2,1H3,(H,14,15)/t9?,10-,11+. The fraction of sp³-hybridized carbons (Fsp3) is 0.923. The summed E-state index contributed by atoms with van der Waals surface area (Å²) < 4.78 is 0.475. The molecule has 18 heavy (non-hydrogen) atoms. The number of rotatable bonds is 3. The molecule has 0 aromatic rings. The molecule has 2 bridgehead atoms. The van der Waals surface area contributed by atoms with Gasteiger partial charge in [0.15, 0.2) is 0 Å². The summed E-state index contributed by atoms with van der Waals surface area (Å²) in [6.45, 7) is 2.44. The normalized spacial score (nSPS) is 37.1. The minimum Gasteiger partial charge on any atom is -0.274 e. The van der Waals surface area contributed by atoms with E-state index < -0.39 is 0 Å². The Morgan fingerprint density at radius 1 is 1.28 bits per heavy atom. The van der Waals surface area contributed by atoms with E-state index in [0.29, 0.717) is 10.7 Å². The molecule has 2 saturated carbocycles. The number of carbonyl (C=O) groups excluding carboxylic acids is 1. The lowest BCUT2D eigenvalue weighted by molar-refractivity contribution is -0.139. The molecule has 1 amide bonds. The largest absolute Gasteiger partial charge is 0.274 e. The predicted octanol–water partition coefficient (Wildman–Crippen LogP) is 2.67. The Labute approximate surface area is 117 Å². The van der Waals surface area contributed by atoms with Crippen LogP contribution in [0, 0.1) is 17.8 Å². The third kappa shape index (κ3) is 2.08. The van der Waals surface area contributed by atoms with Crippen molar-refractivity contribution >= 4 is 29.4 Å². The van der Waals surface area contributed by atoms with Crippen molar-refractivity contribution < 1.29 is 9.63 Å². The first-order valence-corrected chi connectivity index (χ1v) is 8.93. The van der Waals surface area contributed by atoms with Gasteiger partial charge in [-0.2, -0.15) is 0 Å². The number of hydrogen-bond acceptors (Lipinski definition) is 4. The lowest BCUT2D eigenvalue weighted by Gasteiger charge is -2.42. The molecule has 0 aromatic heterocycles. The van der Waals surface area contributed by atoms with Gasteiger partial charge >= 0.3 is 0 Å². The van der Waals surface area contributed by atoms with Gasteiger partial charge in [-0.1, -0.05) is 0 Å². The average molecular weight is 287 g/mol. The lowest BCUT2D eigenvalue weighted by atomic mass is 9.79. The summed E-state index contributed by atoms with van der Waals surface area (Å²) in [5.41, 5.74) is 2.60. The number of hydrogen-bond donors (Lipinski definition) is 1. The molecule has 3 rings (SSSR count). The SMILES string of the molecule is CCONC(=O)C1C[C@H]2CC[C@@H](C1)C21SCCS1. The molecule has 1 spiro atoms. The highest BCUT2D eigenvalue weighted by Gasteiger charge is 2.57. The number of carbonyl (C=O) groups is 1. The van der Waals surface area contributed by atoms with Gasteiger partial charge in [-0.15, -0.1) is 23.5 Å². The molecule has 1 aliphatic heterocycles. The van der Waals surface area contributed by atoms with Crippen LogP contribution in [-0.2, 0) is 9.63 Å². The summed E-state index contributed by atoms with van der Waals surface area (Å²) >= 11 is 4.35. The van der Waals surface area contributed by atoms with Gasteiger partial charge in [-0.3, -0.25) is 9.63 Å². The second-order valence-corrected chi connectivity index (χ2v) is 8.46. The minimum atomic E-state index is 0.108. The second kappa shape index (κ2) is 5.25. The zero-order valence-corrected chi connectivity index (χ0v) is 12.4. The first-order valence-electron chi connectivity index (χ1n) is 6.96. The van der Waals surface area contributed by atoms with Crippen molar-refractivity contribution in [3.63, 3.8) is 0 Å². The highest BCUT2D eigenvalue weighted by molar-refractivity contribution is 8.21. The van der Waals surface area contributed by atoms with Gasteiger partial charge in [0.1, 0.15) is 0 Å². The molecule has 1 N–H and O–H groups in total. The quantitative estimate of drug-likeness (QED) is 0.810. The molecule has 3 fully saturated rings. The summed E-state index contributed by atoms with van der Waals surface area (Å²) in [6.07, 6.45) is 4.77. The van der Waals surface area contributed by atoms with Crippen molar-refractivity contribution in [3.8, 4) is 0 Å². The van der Waals surface area contributed by atoms with Crippen LogP contribution in [0.15, 0.2) is 0 Å². The lowest BCUT2D eigenvalue weighted by Crippen LogP contribution is -2.43. The van der Waals surface area contributed by atoms with Gasteiger partial charge in [-0.05, 0) is 44.4 Å². The maximum Gasteiger partial charge on any atom is 0.246 e. The van der Waals surface area contributed by atoms with Gasteiger partial charge in [-0.25, -0.2) is 5.48 Å². The van der Waals surface area contributed by atoms with Crippen LogP contribution in [0.1, 0.15) is 32.6 Å². The van der Waals surface area contributed by atoms with E-state index in [1.165, 1.54) is 24.3 Å². The van der Waals surface area contributed by atoms with Crippen molar-refractivity contribution in [3.05, 3.63) is 0 Å². The molecule has 3 atom stereocenters. The molecular weight excluding hydrogens is 266 g/mol. The van der Waals surface area contributed by atoms with Crippen molar-refractivity contribution in [2.45, 2.75) is 36.7 Å². The Morgan fingerprint density at radius 2 is 1.89 bits per heavy atom. The Kier molecular flexibility index (Phi) is 3.83. The monoisotopic (exact) mass is 287 g/mol. The van der Waals surface area contributed by atoms with E-state index in [2.05, 4.69) is 29.0 Å². The van der Waals surface area contributed by atoms with Crippen molar-refractivity contribution in [2.75, 3.05) is 18.1 Å². The van der Waals surface area contributed by atoms with Crippen LogP contribution in [0.5, 0.6) is 0 Å². The maximum absolute atomic E-state index is 12.0. The van der Waals surface area contributed by atoms with Crippen molar-refractivity contribution in [1.29, 1.82) is 0 Å². The molecule has 3 aliphatic rings. The highest BCUT2D eigenvalue weighted by Crippen LogP contribution is 2.65. The fourth-order valence-corrected chi connectivity index (χ4v) is 7.78. The molecule has 3 nitrogen and oxygen atoms in total. The fourth-order valence-electron chi connectivity index (χ4n) is 3.84. The van der Waals surface area contributed by atoms with Gasteiger partial charge in [0.2, 0.25) is 5.91 Å². The van der Waals surface area contributed by atoms with E-state index in [0.717, 1.165) is 24.7 Å². The van der Waals surface area contributed by atoms with Crippen molar-refractivity contribution in [2.24, 2.45) is 17.8 Å². The Hall–Kier alpha value is 0.130. The van der Waals surface area contributed by atoms with E-state index in [1.807, 2.05) is 6.92 Å². The average Bonchev–Trinajstić information content (AvgIpc) is 2.91. The second-order valence-electron chi connectivity index (χ2n) is 5.46. The molecular formula is C13H21NO2S2. The van der Waals surface area contributed by atoms with E-state index >= 15 is 0 Å². The van der Waals surface area contributed by atoms with E-state index in [4.69, 9.17) is 4.84 Å². The molecule has 5 heteroatoms. The number of hydroxylamine groups is 1. The minimum absolute atomic E-state index is 0.108. The number of amides is 1. The summed E-state index contributed by atoms with van der Waals surface area (Å²) in [5.74, 6) is 4.37. The highest BCUT2D eigenvalue weighted by atomic mass is 32.2. The van der Waals surface area contributed by atoms with Gasteiger partial charge < -0.3 is 0 Å². The van der Waals surface area contributed by atoms with Crippen LogP contribution in [0.25, 0.3) is 0 Å². The maximum atomic E-state index is 12.0. The summed E-state index contributed by atoms with van der Waals surface area (Å²) in [7, 11) is 0. The topological polar surface area (TPSA) is 38.3 Å². The van der Waals surface area contributed by atoms with Crippen LogP contribution in [-0.4, -0.2) is 28.1 Å². The molecule has 1 unspecified atom stereocenters. The Morgan fingerprint density at radius 3 is 2.44 bits per heavy atom. The summed E-state index contributed by atoms with van der Waals surface area (Å²) in [5, 5.41) is 0. The molecule has 0 aromatic carbocycles. The van der Waals surface area contributed by atoms with Crippen LogP contribution in [0.4, 0.5) is 0 Å². The number of nitrogens with one attached hydrogen (secondary N) is 1. The smallest absolute Gasteiger partial charge is 0.246 e. The molecule has 102 valence electrons. The first kappa shape index (κ1) is 13.1. The first-order chi connectivity index (χ1) is 8.76. The molecule has 1 heterocycles. The Balaban J connectivity index is 1.66. The molecule has 2 aliphatic carbocycles. The van der Waals surface area contributed by atoms with Crippen LogP contribution >= 0.6 is 23.5 Å². The van der Waals surface area contributed by atoms with Crippen LogP contribution < -0.4 is 5.48 Å². The summed E-state index contributed by atoms with van der Waals surface area (Å²) in [4.78, 5) is 17.1. The van der Waals surface area contributed by atoms with Crippen LogP contribution in [0.2, 0.25) is 0 Å². The predicted molar refractivity (Wildman–Crippen MR) is 76.4 cm³/mol. The van der Waals surface area contributed by atoms with Gasteiger partial charge in [0, 0.05) is 17.4 Å². The summed E-state index contributed by atoms with van der Waals surface area (Å²) in [6, 6.07) is 0. The van der Waals surface area contributed by atoms with Gasteiger partial charge in [0.05, 0.1) is 10.7 Å². The van der Waals surface area contributed by atoms with E-state index in [9.17, 15) is 4.79 Å². The third-order valence-electron chi connectivity index (χ3n) is 4.57. The van der Waals surface area contributed by atoms with E-state index in [1.54, 1.807) is 0 Å². The van der Waals surface area contributed by atoms with Crippen molar-refractivity contribution in [1.82, 2.24) is 5.48 Å². The number of thioether (sulfide) groups is 2. The molecule has 1 saturated heterocycles. The molecule has 0 radical (unpaired) electrons. The Bertz CT molecular complexity index is 315. The third-order valence-corrected chi connectivity index (χ3v) is 8.58. The van der Waals surface area contributed by atoms with Crippen LogP contribution in [0.3, 0.4) is 0 Å². The van der Waals surface area contributed by atoms with E-state index in [-0.39, 0.29) is 11.8 Å². The zero-order valence-electron chi connectivity index (χ0n) is 10.8.